The van der Waals surface area contributed by atoms with Gasteiger partial charge in [0.05, 0.1) is 0 Å². The minimum atomic E-state index is 0.366. The predicted octanol–water partition coefficient (Wildman–Crippen LogP) is 3.30. The second kappa shape index (κ2) is 5.13. The molecule has 0 spiro atoms. The highest BCUT2D eigenvalue weighted by molar-refractivity contribution is 4.81. The van der Waals surface area contributed by atoms with Gasteiger partial charge in [-0.25, -0.2) is 0 Å². The van der Waals surface area contributed by atoms with Crippen molar-refractivity contribution in [2.75, 3.05) is 0 Å². The Bertz CT molecular complexity index is 150. The molecule has 0 aromatic heterocycles. The van der Waals surface area contributed by atoms with Crippen LogP contribution < -0.4 is 0 Å². The van der Waals surface area contributed by atoms with Gasteiger partial charge >= 0.3 is 0 Å². The monoisotopic (exact) mass is 199 g/mol. The zero-order chi connectivity index (χ0) is 10.7. The molecule has 2 nitrogen and oxygen atoms in total. The van der Waals surface area contributed by atoms with E-state index in [1.54, 1.807) is 5.06 Å². The van der Waals surface area contributed by atoms with E-state index < -0.39 is 0 Å². The van der Waals surface area contributed by atoms with Crippen LogP contribution in [0.2, 0.25) is 0 Å². The van der Waals surface area contributed by atoms with E-state index in [1.165, 1.54) is 12.8 Å². The minimum Gasteiger partial charge on any atom is -0.313 e. The number of hydrogen-bond donors (Lipinski definition) is 1. The smallest absolute Gasteiger partial charge is 0.0376 e. The first kappa shape index (κ1) is 12.0. The molecule has 1 heterocycles. The standard InChI is InChI=1S/C12H25NO/c1-9(2)11-7-5-6-8-12(10(3)4)13(11)14/h9-12,14H,5-8H2,1-4H3. The third-order valence-corrected chi connectivity index (χ3v) is 3.47. The number of nitrogens with zero attached hydrogens (tertiary/aromatic N) is 1. The average Bonchev–Trinajstić information content (AvgIpc) is 2.26. The highest BCUT2D eigenvalue weighted by Crippen LogP contribution is 2.28. The van der Waals surface area contributed by atoms with Crippen molar-refractivity contribution in [3.05, 3.63) is 0 Å². The molecule has 1 aliphatic rings. The van der Waals surface area contributed by atoms with Gasteiger partial charge in [0, 0.05) is 12.1 Å². The fraction of sp³-hybridized carbons (Fsp3) is 1.00. The molecular weight excluding hydrogens is 174 g/mol. The van der Waals surface area contributed by atoms with Crippen LogP contribution in [-0.2, 0) is 0 Å². The first-order valence-corrected chi connectivity index (χ1v) is 6.01. The van der Waals surface area contributed by atoms with E-state index >= 15 is 0 Å². The van der Waals surface area contributed by atoms with E-state index in [-0.39, 0.29) is 0 Å². The lowest BCUT2D eigenvalue weighted by molar-refractivity contribution is -0.178. The first-order valence-electron chi connectivity index (χ1n) is 6.01. The first-order chi connectivity index (χ1) is 6.54. The summed E-state index contributed by atoms with van der Waals surface area (Å²) in [7, 11) is 0. The summed E-state index contributed by atoms with van der Waals surface area (Å²) in [4.78, 5) is 0. The topological polar surface area (TPSA) is 23.5 Å². The molecule has 2 heteroatoms. The maximum Gasteiger partial charge on any atom is 0.0376 e. The number of hydroxylamine groups is 2. The van der Waals surface area contributed by atoms with Crippen molar-refractivity contribution < 1.29 is 5.21 Å². The summed E-state index contributed by atoms with van der Waals surface area (Å²) in [5, 5.41) is 11.8. The Morgan fingerprint density at radius 3 is 1.57 bits per heavy atom. The third-order valence-electron chi connectivity index (χ3n) is 3.47. The van der Waals surface area contributed by atoms with Gasteiger partial charge in [-0.15, -0.1) is 0 Å². The van der Waals surface area contributed by atoms with Crippen LogP contribution in [0.4, 0.5) is 0 Å². The Morgan fingerprint density at radius 2 is 1.29 bits per heavy atom. The largest absolute Gasteiger partial charge is 0.313 e. The fourth-order valence-electron chi connectivity index (χ4n) is 2.50. The van der Waals surface area contributed by atoms with Crippen molar-refractivity contribution in [2.45, 2.75) is 65.5 Å². The lowest BCUT2D eigenvalue weighted by Crippen LogP contribution is -2.44. The summed E-state index contributed by atoms with van der Waals surface area (Å²) in [6, 6.07) is 0.731. The Kier molecular flexibility index (Phi) is 4.39. The van der Waals surface area contributed by atoms with Crippen molar-refractivity contribution >= 4 is 0 Å². The van der Waals surface area contributed by atoms with Gasteiger partial charge in [-0.3, -0.25) is 0 Å². The SMILES string of the molecule is CC(C)C1CCCCC(C(C)C)N1O. The Hall–Kier alpha value is -0.0800. The van der Waals surface area contributed by atoms with Crippen LogP contribution in [0.25, 0.3) is 0 Å². The number of hydrogen-bond acceptors (Lipinski definition) is 2. The second-order valence-electron chi connectivity index (χ2n) is 5.29. The number of rotatable bonds is 2. The molecule has 0 amide bonds. The van der Waals surface area contributed by atoms with E-state index in [9.17, 15) is 5.21 Å². The molecule has 0 radical (unpaired) electrons. The molecule has 0 bridgehead atoms. The molecule has 14 heavy (non-hydrogen) atoms. The van der Waals surface area contributed by atoms with Gasteiger partial charge in [0.2, 0.25) is 0 Å². The quantitative estimate of drug-likeness (QED) is 0.737. The zero-order valence-electron chi connectivity index (χ0n) is 10.0. The predicted molar refractivity (Wildman–Crippen MR) is 59.3 cm³/mol. The molecule has 1 N–H and O–H groups in total. The zero-order valence-corrected chi connectivity index (χ0v) is 10.0. The van der Waals surface area contributed by atoms with Gasteiger partial charge in [-0.1, -0.05) is 40.5 Å². The summed E-state index contributed by atoms with van der Waals surface area (Å²) in [5.41, 5.74) is 0. The van der Waals surface area contributed by atoms with Gasteiger partial charge in [0.1, 0.15) is 0 Å². The van der Waals surface area contributed by atoms with Crippen molar-refractivity contribution in [1.82, 2.24) is 5.06 Å². The van der Waals surface area contributed by atoms with Crippen LogP contribution in [0.3, 0.4) is 0 Å². The molecule has 84 valence electrons. The van der Waals surface area contributed by atoms with Gasteiger partial charge in [-0.2, -0.15) is 5.06 Å². The molecule has 2 unspecified atom stereocenters. The van der Waals surface area contributed by atoms with Crippen molar-refractivity contribution in [1.29, 1.82) is 0 Å². The molecule has 0 aromatic carbocycles. The van der Waals surface area contributed by atoms with Crippen LogP contribution in [0.5, 0.6) is 0 Å². The van der Waals surface area contributed by atoms with Crippen LogP contribution in [0.1, 0.15) is 53.4 Å². The summed E-state index contributed by atoms with van der Waals surface area (Å²) < 4.78 is 0. The highest BCUT2D eigenvalue weighted by atomic mass is 16.5. The lowest BCUT2D eigenvalue weighted by atomic mass is 9.97. The van der Waals surface area contributed by atoms with Crippen molar-refractivity contribution in [3.8, 4) is 0 Å². The van der Waals surface area contributed by atoms with Crippen LogP contribution in [0.15, 0.2) is 0 Å². The fourth-order valence-corrected chi connectivity index (χ4v) is 2.50. The Balaban J connectivity index is 2.69. The van der Waals surface area contributed by atoms with Gasteiger partial charge in [-0.05, 0) is 24.7 Å². The molecule has 1 rings (SSSR count). The molecule has 1 fully saturated rings. The molecule has 0 aliphatic carbocycles. The van der Waals surface area contributed by atoms with Crippen LogP contribution in [-0.4, -0.2) is 22.4 Å². The second-order valence-corrected chi connectivity index (χ2v) is 5.29. The molecule has 2 atom stereocenters. The van der Waals surface area contributed by atoms with Crippen LogP contribution >= 0.6 is 0 Å². The molecule has 0 aromatic rings. The van der Waals surface area contributed by atoms with E-state index in [2.05, 4.69) is 27.7 Å². The maximum atomic E-state index is 10.2. The average molecular weight is 199 g/mol. The summed E-state index contributed by atoms with van der Waals surface area (Å²) in [6.45, 7) is 8.82. The van der Waals surface area contributed by atoms with Gasteiger partial charge in [0.15, 0.2) is 0 Å². The lowest BCUT2D eigenvalue weighted by Gasteiger charge is -2.35. The molecule has 0 saturated carbocycles. The Morgan fingerprint density at radius 1 is 0.929 bits per heavy atom. The maximum absolute atomic E-state index is 10.2. The van der Waals surface area contributed by atoms with Crippen molar-refractivity contribution in [3.63, 3.8) is 0 Å². The van der Waals surface area contributed by atoms with Gasteiger partial charge in [0.25, 0.3) is 0 Å². The van der Waals surface area contributed by atoms with E-state index in [4.69, 9.17) is 0 Å². The highest BCUT2D eigenvalue weighted by Gasteiger charge is 2.30. The molecule has 1 aliphatic heterocycles. The minimum absolute atomic E-state index is 0.366. The molecular formula is C12H25NO. The Labute approximate surface area is 88.3 Å². The van der Waals surface area contributed by atoms with E-state index in [0.29, 0.717) is 23.9 Å². The van der Waals surface area contributed by atoms with Crippen LogP contribution in [0, 0.1) is 11.8 Å². The molecule has 1 saturated heterocycles. The van der Waals surface area contributed by atoms with Gasteiger partial charge < -0.3 is 5.21 Å². The third kappa shape index (κ3) is 2.71. The van der Waals surface area contributed by atoms with Crippen molar-refractivity contribution in [2.24, 2.45) is 11.8 Å². The summed E-state index contributed by atoms with van der Waals surface area (Å²) >= 11 is 0. The normalized spacial score (nSPS) is 31.1. The van der Waals surface area contributed by atoms with E-state index in [0.717, 1.165) is 12.8 Å². The van der Waals surface area contributed by atoms with E-state index in [1.807, 2.05) is 0 Å². The summed E-state index contributed by atoms with van der Waals surface area (Å²) in [6.07, 6.45) is 4.83. The summed E-state index contributed by atoms with van der Waals surface area (Å²) in [5.74, 6) is 1.11.